The number of nitrogens with zero attached hydrogens (tertiary/aromatic N) is 2. The van der Waals surface area contributed by atoms with E-state index in [0.29, 0.717) is 18.8 Å². The van der Waals surface area contributed by atoms with Crippen LogP contribution in [-0.2, 0) is 11.3 Å². The van der Waals surface area contributed by atoms with Gasteiger partial charge in [-0.3, -0.25) is 9.78 Å². The van der Waals surface area contributed by atoms with Gasteiger partial charge in [-0.1, -0.05) is 29.8 Å². The highest BCUT2D eigenvalue weighted by Gasteiger charge is 2.19. The van der Waals surface area contributed by atoms with Crippen LogP contribution in [0.3, 0.4) is 0 Å². The Morgan fingerprint density at radius 2 is 1.96 bits per heavy atom. The van der Waals surface area contributed by atoms with E-state index < -0.39 is 0 Å². The van der Waals surface area contributed by atoms with Gasteiger partial charge in [0.15, 0.2) is 0 Å². The molecule has 1 aromatic carbocycles. The quantitative estimate of drug-likeness (QED) is 0.713. The van der Waals surface area contributed by atoms with Crippen LogP contribution in [0.2, 0.25) is 0 Å². The molecule has 4 rings (SSSR count). The number of pyridine rings is 1. The third-order valence-electron chi connectivity index (χ3n) is 5.13. The molecule has 5 nitrogen and oxygen atoms in total. The first-order chi connectivity index (χ1) is 13.7. The molecule has 5 heteroatoms. The van der Waals surface area contributed by atoms with Gasteiger partial charge in [0.1, 0.15) is 5.69 Å². The normalized spacial score (nSPS) is 16.2. The zero-order valence-corrected chi connectivity index (χ0v) is 16.1. The number of ether oxygens (including phenoxy) is 1. The molecule has 0 spiro atoms. The number of hydrogen-bond donors (Lipinski definition) is 1. The van der Waals surface area contributed by atoms with Gasteiger partial charge in [-0.2, -0.15) is 0 Å². The minimum absolute atomic E-state index is 0.0667. The van der Waals surface area contributed by atoms with Crippen LogP contribution < -0.4 is 5.32 Å². The molecule has 28 heavy (non-hydrogen) atoms. The number of aryl methyl sites for hydroxylation is 1. The lowest BCUT2D eigenvalue weighted by molar-refractivity contribution is 0.0850. The van der Waals surface area contributed by atoms with Gasteiger partial charge in [-0.25, -0.2) is 0 Å². The lowest BCUT2D eigenvalue weighted by atomic mass is 10.1. The molecule has 3 heterocycles. The van der Waals surface area contributed by atoms with Crippen molar-refractivity contribution in [3.8, 4) is 11.1 Å². The molecule has 1 saturated heterocycles. The van der Waals surface area contributed by atoms with Crippen LogP contribution in [0, 0.1) is 6.92 Å². The zero-order valence-electron chi connectivity index (χ0n) is 16.1. The number of rotatable bonds is 6. The van der Waals surface area contributed by atoms with Crippen LogP contribution in [-0.4, -0.2) is 34.7 Å². The third kappa shape index (κ3) is 4.31. The molecule has 1 atom stereocenters. The predicted molar refractivity (Wildman–Crippen MR) is 109 cm³/mol. The standard InChI is InChI=1S/C23H25N3O2/c1-17-4-6-18(7-5-17)15-26-16-20(19-8-10-24-11-9-19)13-22(26)23(27)25-14-21-3-2-12-28-21/h4-11,13,16,21H,2-3,12,14-15H2,1H3,(H,25,27)/t21-/m1/s1. The van der Waals surface area contributed by atoms with E-state index in [1.54, 1.807) is 12.4 Å². The number of carbonyl (C=O) groups is 1. The van der Waals surface area contributed by atoms with Crippen molar-refractivity contribution in [2.75, 3.05) is 13.2 Å². The van der Waals surface area contributed by atoms with E-state index in [-0.39, 0.29) is 12.0 Å². The summed E-state index contributed by atoms with van der Waals surface area (Å²) in [6, 6.07) is 14.3. The number of amides is 1. The van der Waals surface area contributed by atoms with Crippen molar-refractivity contribution < 1.29 is 9.53 Å². The maximum absolute atomic E-state index is 12.9. The number of aromatic nitrogens is 2. The van der Waals surface area contributed by atoms with E-state index in [4.69, 9.17) is 4.74 Å². The molecule has 2 aromatic heterocycles. The number of hydrogen-bond acceptors (Lipinski definition) is 3. The fraction of sp³-hybridized carbons (Fsp3) is 0.304. The summed E-state index contributed by atoms with van der Waals surface area (Å²) in [6.07, 6.45) is 7.77. The van der Waals surface area contributed by atoms with Gasteiger partial charge in [0, 0.05) is 43.9 Å². The Balaban J connectivity index is 1.59. The Bertz CT molecular complexity index is 926. The molecule has 0 radical (unpaired) electrons. The number of carbonyl (C=O) groups excluding carboxylic acids is 1. The highest BCUT2D eigenvalue weighted by atomic mass is 16.5. The van der Waals surface area contributed by atoms with Crippen molar-refractivity contribution in [3.63, 3.8) is 0 Å². The molecule has 0 bridgehead atoms. The third-order valence-corrected chi connectivity index (χ3v) is 5.13. The summed E-state index contributed by atoms with van der Waals surface area (Å²) < 4.78 is 7.64. The maximum Gasteiger partial charge on any atom is 0.268 e. The van der Waals surface area contributed by atoms with Crippen molar-refractivity contribution in [1.82, 2.24) is 14.9 Å². The van der Waals surface area contributed by atoms with Crippen LogP contribution in [0.4, 0.5) is 0 Å². The molecule has 1 fully saturated rings. The summed E-state index contributed by atoms with van der Waals surface area (Å²) in [4.78, 5) is 17.0. The van der Waals surface area contributed by atoms with Crippen LogP contribution in [0.25, 0.3) is 11.1 Å². The second-order valence-electron chi connectivity index (χ2n) is 7.31. The topological polar surface area (TPSA) is 56.2 Å². The first-order valence-electron chi connectivity index (χ1n) is 9.75. The summed E-state index contributed by atoms with van der Waals surface area (Å²) in [5.41, 5.74) is 5.10. The van der Waals surface area contributed by atoms with Gasteiger partial charge in [0.05, 0.1) is 6.10 Å². The van der Waals surface area contributed by atoms with Gasteiger partial charge >= 0.3 is 0 Å². The Kier molecular flexibility index (Phi) is 5.53. The molecule has 1 aliphatic heterocycles. The average Bonchev–Trinajstić information content (AvgIpc) is 3.39. The Morgan fingerprint density at radius 1 is 1.18 bits per heavy atom. The largest absolute Gasteiger partial charge is 0.376 e. The Labute approximate surface area is 165 Å². The van der Waals surface area contributed by atoms with Crippen LogP contribution in [0.15, 0.2) is 61.1 Å². The minimum atomic E-state index is -0.0667. The van der Waals surface area contributed by atoms with Crippen molar-refractivity contribution in [2.45, 2.75) is 32.4 Å². The fourth-order valence-corrected chi connectivity index (χ4v) is 3.53. The van der Waals surface area contributed by atoms with Crippen LogP contribution in [0.1, 0.15) is 34.5 Å². The van der Waals surface area contributed by atoms with Crippen molar-refractivity contribution in [1.29, 1.82) is 0 Å². The highest BCUT2D eigenvalue weighted by Crippen LogP contribution is 2.23. The average molecular weight is 375 g/mol. The molecule has 144 valence electrons. The maximum atomic E-state index is 12.9. The Morgan fingerprint density at radius 3 is 2.68 bits per heavy atom. The number of benzene rings is 1. The zero-order chi connectivity index (χ0) is 19.3. The molecule has 1 N–H and O–H groups in total. The second kappa shape index (κ2) is 8.40. The first kappa shape index (κ1) is 18.4. The van der Waals surface area contributed by atoms with E-state index in [1.165, 1.54) is 5.56 Å². The lowest BCUT2D eigenvalue weighted by Crippen LogP contribution is -2.33. The van der Waals surface area contributed by atoms with Crippen LogP contribution >= 0.6 is 0 Å². The van der Waals surface area contributed by atoms with E-state index in [9.17, 15) is 4.79 Å². The van der Waals surface area contributed by atoms with Crippen molar-refractivity contribution in [3.05, 3.63) is 77.9 Å². The van der Waals surface area contributed by atoms with E-state index >= 15 is 0 Å². The smallest absolute Gasteiger partial charge is 0.268 e. The Hall–Kier alpha value is -2.92. The monoisotopic (exact) mass is 375 g/mol. The second-order valence-corrected chi connectivity index (χ2v) is 7.31. The number of nitrogens with one attached hydrogen (secondary N) is 1. The van der Waals surface area contributed by atoms with Crippen molar-refractivity contribution >= 4 is 5.91 Å². The molecule has 1 amide bonds. The first-order valence-corrected chi connectivity index (χ1v) is 9.75. The van der Waals surface area contributed by atoms with Crippen molar-refractivity contribution in [2.24, 2.45) is 0 Å². The molecule has 0 unspecified atom stereocenters. The molecular formula is C23H25N3O2. The SMILES string of the molecule is Cc1ccc(Cn2cc(-c3ccncc3)cc2C(=O)NC[C@H]2CCCO2)cc1. The van der Waals surface area contributed by atoms with Gasteiger partial charge in [-0.15, -0.1) is 0 Å². The highest BCUT2D eigenvalue weighted by molar-refractivity contribution is 5.94. The van der Waals surface area contributed by atoms with Gasteiger partial charge in [-0.05, 0) is 49.1 Å². The van der Waals surface area contributed by atoms with E-state index in [1.807, 2.05) is 29.0 Å². The fourth-order valence-electron chi connectivity index (χ4n) is 3.53. The summed E-state index contributed by atoms with van der Waals surface area (Å²) in [5.74, 6) is -0.0667. The predicted octanol–water partition coefficient (Wildman–Crippen LogP) is 3.82. The van der Waals surface area contributed by atoms with Crippen LogP contribution in [0.5, 0.6) is 0 Å². The lowest BCUT2D eigenvalue weighted by Gasteiger charge is -2.13. The van der Waals surface area contributed by atoms with Gasteiger partial charge in [0.25, 0.3) is 5.91 Å². The molecule has 3 aromatic rings. The molecule has 1 aliphatic rings. The minimum Gasteiger partial charge on any atom is -0.376 e. The molecule has 0 saturated carbocycles. The van der Waals surface area contributed by atoms with E-state index in [0.717, 1.165) is 36.1 Å². The molecular weight excluding hydrogens is 350 g/mol. The molecule has 0 aliphatic carbocycles. The summed E-state index contributed by atoms with van der Waals surface area (Å²) >= 11 is 0. The summed E-state index contributed by atoms with van der Waals surface area (Å²) in [6.45, 7) is 4.06. The van der Waals surface area contributed by atoms with E-state index in [2.05, 4.69) is 41.5 Å². The summed E-state index contributed by atoms with van der Waals surface area (Å²) in [5, 5.41) is 3.04. The summed E-state index contributed by atoms with van der Waals surface area (Å²) in [7, 11) is 0. The van der Waals surface area contributed by atoms with Gasteiger partial charge in [0.2, 0.25) is 0 Å². The van der Waals surface area contributed by atoms with Gasteiger partial charge < -0.3 is 14.6 Å².